The van der Waals surface area contributed by atoms with Crippen molar-refractivity contribution < 1.29 is 13.2 Å². The van der Waals surface area contributed by atoms with Gasteiger partial charge in [0.05, 0.1) is 18.0 Å². The highest BCUT2D eigenvalue weighted by Crippen LogP contribution is 2.24. The lowest BCUT2D eigenvalue weighted by atomic mass is 10.1. The first-order chi connectivity index (χ1) is 11.8. The normalized spacial score (nSPS) is 12.4. The Morgan fingerprint density at radius 2 is 1.84 bits per heavy atom. The van der Waals surface area contributed by atoms with Crippen molar-refractivity contribution in [3.8, 4) is 0 Å². The average Bonchev–Trinajstić information content (AvgIpc) is 2.59. The van der Waals surface area contributed by atoms with Crippen LogP contribution in [0, 0.1) is 0 Å². The van der Waals surface area contributed by atoms with E-state index >= 15 is 0 Å². The molecule has 0 radical (unpaired) electrons. The van der Waals surface area contributed by atoms with Gasteiger partial charge in [-0.3, -0.25) is 9.10 Å². The molecular weight excluding hydrogens is 356 g/mol. The van der Waals surface area contributed by atoms with Crippen LogP contribution in [0.4, 0.5) is 5.69 Å². The van der Waals surface area contributed by atoms with Crippen LogP contribution in [0.3, 0.4) is 0 Å². The molecule has 0 bridgehead atoms. The van der Waals surface area contributed by atoms with Gasteiger partial charge in [0.15, 0.2) is 0 Å². The summed E-state index contributed by atoms with van der Waals surface area (Å²) in [5.41, 5.74) is 1.45. The molecule has 0 unspecified atom stereocenters. The first-order valence-corrected chi connectivity index (χ1v) is 10.8. The summed E-state index contributed by atoms with van der Waals surface area (Å²) in [4.78, 5) is 13.3. The van der Waals surface area contributed by atoms with Crippen LogP contribution in [0.1, 0.15) is 18.5 Å². The third-order valence-electron chi connectivity index (χ3n) is 3.71. The summed E-state index contributed by atoms with van der Waals surface area (Å²) in [6, 6.07) is 16.5. The Balaban J connectivity index is 2.16. The van der Waals surface area contributed by atoms with Crippen LogP contribution < -0.4 is 9.62 Å². The van der Waals surface area contributed by atoms with Gasteiger partial charge in [0.2, 0.25) is 15.9 Å². The summed E-state index contributed by atoms with van der Waals surface area (Å²) in [6.07, 6.45) is 3.02. The van der Waals surface area contributed by atoms with Crippen molar-refractivity contribution in [2.45, 2.75) is 17.9 Å². The highest BCUT2D eigenvalue weighted by molar-refractivity contribution is 7.98. The standard InChI is InChI=1S/C18H22N2O3S2/c1-14(15-8-5-4-6-9-15)19-18(21)13-20(25(3,22)23)16-10-7-11-17(12-16)24-2/h4-12,14H,13H2,1-3H3,(H,19,21)/t14-/m0/s1. The highest BCUT2D eigenvalue weighted by Gasteiger charge is 2.22. The summed E-state index contributed by atoms with van der Waals surface area (Å²) in [5, 5.41) is 2.85. The monoisotopic (exact) mass is 378 g/mol. The molecule has 1 N–H and O–H groups in total. The fourth-order valence-corrected chi connectivity index (χ4v) is 3.71. The molecule has 0 heterocycles. The number of amides is 1. The lowest BCUT2D eigenvalue weighted by molar-refractivity contribution is -0.120. The van der Waals surface area contributed by atoms with E-state index in [1.54, 1.807) is 18.2 Å². The zero-order valence-corrected chi connectivity index (χ0v) is 16.1. The Morgan fingerprint density at radius 1 is 1.16 bits per heavy atom. The number of nitrogens with one attached hydrogen (secondary N) is 1. The zero-order chi connectivity index (χ0) is 18.4. The number of carbonyl (C=O) groups is 1. The third-order valence-corrected chi connectivity index (χ3v) is 5.57. The first kappa shape index (κ1) is 19.3. The summed E-state index contributed by atoms with van der Waals surface area (Å²) in [6.45, 7) is 1.61. The van der Waals surface area contributed by atoms with E-state index in [4.69, 9.17) is 0 Å². The Morgan fingerprint density at radius 3 is 2.44 bits per heavy atom. The molecule has 0 aliphatic carbocycles. The number of hydrogen-bond donors (Lipinski definition) is 1. The van der Waals surface area contributed by atoms with E-state index in [1.165, 1.54) is 11.8 Å². The second kappa shape index (κ2) is 8.40. The molecule has 5 nitrogen and oxygen atoms in total. The van der Waals surface area contributed by atoms with Gasteiger partial charge in [-0.15, -0.1) is 11.8 Å². The van der Waals surface area contributed by atoms with Crippen LogP contribution in [0.15, 0.2) is 59.5 Å². The van der Waals surface area contributed by atoms with Crippen LogP contribution in [0.5, 0.6) is 0 Å². The number of benzene rings is 2. The molecule has 0 saturated carbocycles. The van der Waals surface area contributed by atoms with Gasteiger partial charge < -0.3 is 5.32 Å². The molecule has 7 heteroatoms. The van der Waals surface area contributed by atoms with Gasteiger partial charge in [-0.05, 0) is 36.9 Å². The van der Waals surface area contributed by atoms with Gasteiger partial charge in [0.25, 0.3) is 0 Å². The van der Waals surface area contributed by atoms with E-state index in [0.717, 1.165) is 21.0 Å². The van der Waals surface area contributed by atoms with Gasteiger partial charge in [0, 0.05) is 4.90 Å². The Labute approximate surface area is 153 Å². The predicted octanol–water partition coefficient (Wildman–Crippen LogP) is 3.05. The van der Waals surface area contributed by atoms with Crippen LogP contribution >= 0.6 is 11.8 Å². The van der Waals surface area contributed by atoms with Crippen LogP contribution in [-0.2, 0) is 14.8 Å². The Bertz CT molecular complexity index is 823. The number of anilines is 1. The fourth-order valence-electron chi connectivity index (χ4n) is 2.41. The van der Waals surface area contributed by atoms with Gasteiger partial charge in [-0.1, -0.05) is 36.4 Å². The minimum absolute atomic E-state index is 0.201. The molecule has 0 aliphatic rings. The second-order valence-corrected chi connectivity index (χ2v) is 8.46. The molecule has 2 aromatic rings. The molecule has 0 fully saturated rings. The molecule has 134 valence electrons. The number of sulfonamides is 1. The van der Waals surface area contributed by atoms with E-state index in [-0.39, 0.29) is 18.5 Å². The Hall–Kier alpha value is -1.99. The first-order valence-electron chi connectivity index (χ1n) is 7.77. The summed E-state index contributed by atoms with van der Waals surface area (Å²) < 4.78 is 25.4. The summed E-state index contributed by atoms with van der Waals surface area (Å²) >= 11 is 1.52. The summed E-state index contributed by atoms with van der Waals surface area (Å²) in [5.74, 6) is -0.351. The molecule has 0 aliphatic heterocycles. The van der Waals surface area contributed by atoms with Crippen molar-refractivity contribution >= 4 is 33.4 Å². The molecule has 0 spiro atoms. The van der Waals surface area contributed by atoms with Crippen molar-refractivity contribution in [3.63, 3.8) is 0 Å². The molecule has 1 atom stereocenters. The van der Waals surface area contributed by atoms with E-state index < -0.39 is 10.0 Å². The highest BCUT2D eigenvalue weighted by atomic mass is 32.2. The second-order valence-electron chi connectivity index (χ2n) is 5.67. The summed E-state index contributed by atoms with van der Waals surface area (Å²) in [7, 11) is -3.58. The topological polar surface area (TPSA) is 66.5 Å². The SMILES string of the molecule is CSc1cccc(N(CC(=O)N[C@@H](C)c2ccccc2)S(C)(=O)=O)c1. The molecular formula is C18H22N2O3S2. The van der Waals surface area contributed by atoms with Crippen molar-refractivity contribution in [2.75, 3.05) is 23.4 Å². The van der Waals surface area contributed by atoms with E-state index in [2.05, 4.69) is 5.32 Å². The molecule has 25 heavy (non-hydrogen) atoms. The smallest absolute Gasteiger partial charge is 0.241 e. The van der Waals surface area contributed by atoms with Gasteiger partial charge >= 0.3 is 0 Å². The maximum Gasteiger partial charge on any atom is 0.241 e. The molecule has 2 aromatic carbocycles. The minimum Gasteiger partial charge on any atom is -0.348 e. The van der Waals surface area contributed by atoms with Crippen LogP contribution in [0.25, 0.3) is 0 Å². The third kappa shape index (κ3) is 5.51. The largest absolute Gasteiger partial charge is 0.348 e. The lowest BCUT2D eigenvalue weighted by Crippen LogP contribution is -2.41. The van der Waals surface area contributed by atoms with Crippen molar-refractivity contribution in [3.05, 3.63) is 60.2 Å². The molecule has 0 aromatic heterocycles. The van der Waals surface area contributed by atoms with Gasteiger partial charge in [-0.2, -0.15) is 0 Å². The van der Waals surface area contributed by atoms with E-state index in [9.17, 15) is 13.2 Å². The van der Waals surface area contributed by atoms with Crippen molar-refractivity contribution in [1.82, 2.24) is 5.32 Å². The van der Waals surface area contributed by atoms with E-state index in [1.807, 2.05) is 49.6 Å². The fraction of sp³-hybridized carbons (Fsp3) is 0.278. The maximum atomic E-state index is 12.4. The Kier molecular flexibility index (Phi) is 6.50. The number of nitrogens with zero attached hydrogens (tertiary/aromatic N) is 1. The van der Waals surface area contributed by atoms with Crippen LogP contribution in [0.2, 0.25) is 0 Å². The number of thioether (sulfide) groups is 1. The quantitative estimate of drug-likeness (QED) is 0.752. The maximum absolute atomic E-state index is 12.4. The average molecular weight is 379 g/mol. The predicted molar refractivity (Wildman–Crippen MR) is 103 cm³/mol. The van der Waals surface area contributed by atoms with Gasteiger partial charge in [-0.25, -0.2) is 8.42 Å². The molecule has 2 rings (SSSR count). The number of hydrogen-bond acceptors (Lipinski definition) is 4. The van der Waals surface area contributed by atoms with Crippen LogP contribution in [-0.4, -0.2) is 33.4 Å². The number of carbonyl (C=O) groups excluding carboxylic acids is 1. The zero-order valence-electron chi connectivity index (χ0n) is 14.5. The van der Waals surface area contributed by atoms with Crippen molar-refractivity contribution in [2.24, 2.45) is 0 Å². The number of rotatable bonds is 7. The van der Waals surface area contributed by atoms with Gasteiger partial charge in [0.1, 0.15) is 6.54 Å². The van der Waals surface area contributed by atoms with E-state index in [0.29, 0.717) is 5.69 Å². The molecule has 1 amide bonds. The minimum atomic E-state index is -3.58. The lowest BCUT2D eigenvalue weighted by Gasteiger charge is -2.23. The van der Waals surface area contributed by atoms with Crippen molar-refractivity contribution in [1.29, 1.82) is 0 Å². The molecule has 0 saturated heterocycles.